The van der Waals surface area contributed by atoms with Gasteiger partial charge in [0.15, 0.2) is 6.61 Å². The molecule has 36 heavy (non-hydrogen) atoms. The van der Waals surface area contributed by atoms with E-state index in [1.165, 1.54) is 42.4 Å². The molecule has 3 aromatic carbocycles. The van der Waals surface area contributed by atoms with Gasteiger partial charge in [0.25, 0.3) is 5.91 Å². The minimum atomic E-state index is -0.475. The molecule has 182 valence electrons. The largest absolute Gasteiger partial charge is 0.484 e. The van der Waals surface area contributed by atoms with Gasteiger partial charge >= 0.3 is 5.97 Å². The average molecular weight is 498 g/mol. The molecule has 0 saturated heterocycles. The average Bonchev–Trinajstić information content (AvgIpc) is 3.35. The smallest absolute Gasteiger partial charge is 0.341 e. The molecule has 0 unspecified atom stereocenters. The third-order valence-corrected chi connectivity index (χ3v) is 7.32. The molecular formula is C30H27NO4S. The highest BCUT2D eigenvalue weighted by Crippen LogP contribution is 2.37. The summed E-state index contributed by atoms with van der Waals surface area (Å²) in [6.07, 6.45) is 4.54. The lowest BCUT2D eigenvalue weighted by Gasteiger charge is -2.16. The third-order valence-electron chi connectivity index (χ3n) is 6.42. The van der Waals surface area contributed by atoms with Gasteiger partial charge in [0, 0.05) is 10.9 Å². The summed E-state index contributed by atoms with van der Waals surface area (Å²) < 4.78 is 10.7. The Kier molecular flexibility index (Phi) is 7.14. The van der Waals surface area contributed by atoms with Crippen molar-refractivity contribution in [1.29, 1.82) is 0 Å². The second-order valence-corrected chi connectivity index (χ2v) is 9.64. The topological polar surface area (TPSA) is 64.6 Å². The van der Waals surface area contributed by atoms with Crippen LogP contribution >= 0.6 is 11.3 Å². The molecule has 1 heterocycles. The lowest BCUT2D eigenvalue weighted by molar-refractivity contribution is -0.118. The second kappa shape index (κ2) is 10.8. The first-order chi connectivity index (χ1) is 17.6. The molecule has 0 atom stereocenters. The lowest BCUT2D eigenvalue weighted by Crippen LogP contribution is -2.21. The van der Waals surface area contributed by atoms with Crippen LogP contribution in [0.25, 0.3) is 22.3 Å². The molecule has 0 saturated carbocycles. The number of thiophene rings is 1. The number of nitrogens with one attached hydrogen (secondary N) is 1. The summed E-state index contributed by atoms with van der Waals surface area (Å²) in [6.45, 7) is -0.169. The number of benzene rings is 3. The van der Waals surface area contributed by atoms with Crippen LogP contribution in [0.1, 0.15) is 34.3 Å². The number of aryl methyl sites for hydroxylation is 2. The molecule has 0 fully saturated rings. The van der Waals surface area contributed by atoms with Crippen LogP contribution in [0.4, 0.5) is 5.00 Å². The van der Waals surface area contributed by atoms with E-state index in [2.05, 4.69) is 17.4 Å². The summed E-state index contributed by atoms with van der Waals surface area (Å²) in [4.78, 5) is 25.4. The SMILES string of the molecule is COC(=O)c1c(-c2ccc3c(c2)CCCC3)csc1NC(=O)COc1ccc(-c2ccccc2)cc1. The first kappa shape index (κ1) is 23.8. The van der Waals surface area contributed by atoms with E-state index in [0.29, 0.717) is 16.3 Å². The van der Waals surface area contributed by atoms with E-state index < -0.39 is 5.97 Å². The fraction of sp³-hybridized carbons (Fsp3) is 0.200. The molecule has 0 spiro atoms. The van der Waals surface area contributed by atoms with E-state index in [4.69, 9.17) is 9.47 Å². The summed E-state index contributed by atoms with van der Waals surface area (Å²) in [7, 11) is 1.35. The monoisotopic (exact) mass is 497 g/mol. The predicted octanol–water partition coefficient (Wildman–Crippen LogP) is 6.77. The third kappa shape index (κ3) is 5.19. The number of esters is 1. The van der Waals surface area contributed by atoms with Crippen LogP contribution in [0.5, 0.6) is 5.75 Å². The number of carbonyl (C=O) groups is 2. The molecule has 6 heteroatoms. The van der Waals surface area contributed by atoms with Crippen molar-refractivity contribution in [2.75, 3.05) is 19.0 Å². The Hall–Kier alpha value is -3.90. The summed E-state index contributed by atoms with van der Waals surface area (Å²) in [5.74, 6) is -0.221. The Balaban J connectivity index is 1.28. The van der Waals surface area contributed by atoms with Crippen molar-refractivity contribution in [3.63, 3.8) is 0 Å². The van der Waals surface area contributed by atoms with Gasteiger partial charge in [0.1, 0.15) is 16.3 Å². The number of amides is 1. The summed E-state index contributed by atoms with van der Waals surface area (Å²) in [6, 6.07) is 24.0. The molecule has 0 bridgehead atoms. The van der Waals surface area contributed by atoms with E-state index in [0.717, 1.165) is 35.1 Å². The highest BCUT2D eigenvalue weighted by atomic mass is 32.1. The lowest BCUT2D eigenvalue weighted by atomic mass is 9.89. The van der Waals surface area contributed by atoms with Gasteiger partial charge in [0.05, 0.1) is 7.11 Å². The van der Waals surface area contributed by atoms with Crippen molar-refractivity contribution in [3.8, 4) is 28.0 Å². The van der Waals surface area contributed by atoms with E-state index >= 15 is 0 Å². The minimum absolute atomic E-state index is 0.169. The van der Waals surface area contributed by atoms with Crippen molar-refractivity contribution in [1.82, 2.24) is 0 Å². The highest BCUT2D eigenvalue weighted by molar-refractivity contribution is 7.15. The van der Waals surface area contributed by atoms with E-state index in [-0.39, 0.29) is 12.5 Å². The maximum atomic E-state index is 12.7. The van der Waals surface area contributed by atoms with Gasteiger partial charge in [0.2, 0.25) is 0 Å². The molecule has 1 aliphatic rings. The van der Waals surface area contributed by atoms with Crippen LogP contribution in [0.15, 0.2) is 78.2 Å². The van der Waals surface area contributed by atoms with Crippen molar-refractivity contribution < 1.29 is 19.1 Å². The van der Waals surface area contributed by atoms with E-state index in [1.807, 2.05) is 66.0 Å². The van der Waals surface area contributed by atoms with Crippen molar-refractivity contribution in [2.45, 2.75) is 25.7 Å². The quantitative estimate of drug-likeness (QED) is 0.286. The second-order valence-electron chi connectivity index (χ2n) is 8.76. The Bertz CT molecular complexity index is 1380. The number of hydrogen-bond donors (Lipinski definition) is 1. The van der Waals surface area contributed by atoms with Gasteiger partial charge in [-0.3, -0.25) is 4.79 Å². The zero-order valence-corrected chi connectivity index (χ0v) is 20.9. The standard InChI is InChI=1S/C30H27NO4S/c1-34-30(33)28-26(24-12-11-21-9-5-6-10-23(21)17-24)19-36-29(28)31-27(32)18-35-25-15-13-22(14-16-25)20-7-3-2-4-8-20/h2-4,7-8,11-17,19H,5-6,9-10,18H2,1H3,(H,31,32). The van der Waals surface area contributed by atoms with Crippen LogP contribution in [-0.2, 0) is 22.4 Å². The van der Waals surface area contributed by atoms with Crippen molar-refractivity contribution in [3.05, 3.63) is 94.9 Å². The molecule has 1 aromatic heterocycles. The number of hydrogen-bond acceptors (Lipinski definition) is 5. The van der Waals surface area contributed by atoms with Gasteiger partial charge in [-0.15, -0.1) is 11.3 Å². The Morgan fingerprint density at radius 3 is 2.31 bits per heavy atom. The Morgan fingerprint density at radius 1 is 0.861 bits per heavy atom. The van der Waals surface area contributed by atoms with Gasteiger partial charge in [-0.1, -0.05) is 60.7 Å². The normalized spacial score (nSPS) is 12.5. The van der Waals surface area contributed by atoms with Gasteiger partial charge in [-0.05, 0) is 65.6 Å². The molecule has 1 amide bonds. The molecule has 0 aliphatic heterocycles. The predicted molar refractivity (Wildman–Crippen MR) is 144 cm³/mol. The Morgan fingerprint density at radius 2 is 1.56 bits per heavy atom. The van der Waals surface area contributed by atoms with Crippen LogP contribution < -0.4 is 10.1 Å². The zero-order valence-electron chi connectivity index (χ0n) is 20.1. The van der Waals surface area contributed by atoms with Crippen LogP contribution in [0.3, 0.4) is 0 Å². The summed E-state index contributed by atoms with van der Waals surface area (Å²) in [5.41, 5.74) is 7.00. The van der Waals surface area contributed by atoms with Gasteiger partial charge in [-0.2, -0.15) is 0 Å². The summed E-state index contributed by atoms with van der Waals surface area (Å²) >= 11 is 1.31. The maximum Gasteiger partial charge on any atom is 0.341 e. The molecule has 1 aliphatic carbocycles. The molecule has 4 aromatic rings. The number of rotatable bonds is 7. The molecule has 5 nitrogen and oxygen atoms in total. The molecular weight excluding hydrogens is 470 g/mol. The van der Waals surface area contributed by atoms with Crippen LogP contribution in [-0.4, -0.2) is 25.6 Å². The molecule has 1 N–H and O–H groups in total. The van der Waals surface area contributed by atoms with Crippen molar-refractivity contribution in [2.24, 2.45) is 0 Å². The van der Waals surface area contributed by atoms with Crippen LogP contribution in [0, 0.1) is 0 Å². The summed E-state index contributed by atoms with van der Waals surface area (Å²) in [5, 5.41) is 5.20. The van der Waals surface area contributed by atoms with Gasteiger partial charge < -0.3 is 14.8 Å². The number of fused-ring (bicyclic) bond motifs is 1. The Labute approximate surface area is 214 Å². The number of methoxy groups -OCH3 is 1. The molecule has 5 rings (SSSR count). The highest BCUT2D eigenvalue weighted by Gasteiger charge is 2.23. The van der Waals surface area contributed by atoms with Crippen LogP contribution in [0.2, 0.25) is 0 Å². The number of ether oxygens (including phenoxy) is 2. The zero-order chi connectivity index (χ0) is 24.9. The fourth-order valence-corrected chi connectivity index (χ4v) is 5.53. The fourth-order valence-electron chi connectivity index (χ4n) is 4.55. The minimum Gasteiger partial charge on any atom is -0.484 e. The first-order valence-electron chi connectivity index (χ1n) is 12.0. The van der Waals surface area contributed by atoms with E-state index in [1.54, 1.807) is 0 Å². The molecule has 0 radical (unpaired) electrons. The first-order valence-corrected chi connectivity index (χ1v) is 12.9. The van der Waals surface area contributed by atoms with Crippen molar-refractivity contribution >= 4 is 28.2 Å². The maximum absolute atomic E-state index is 12.7. The van der Waals surface area contributed by atoms with Gasteiger partial charge in [-0.25, -0.2) is 4.79 Å². The van der Waals surface area contributed by atoms with E-state index in [9.17, 15) is 9.59 Å². The number of carbonyl (C=O) groups excluding carboxylic acids is 2. The number of anilines is 1.